The van der Waals surface area contributed by atoms with Gasteiger partial charge >= 0.3 is 0 Å². The lowest BCUT2D eigenvalue weighted by molar-refractivity contribution is 0.352. The lowest BCUT2D eigenvalue weighted by atomic mass is 10.1. The molecule has 2 heterocycles. The van der Waals surface area contributed by atoms with Crippen LogP contribution < -0.4 is 10.1 Å². The molecule has 2 aromatic rings. The molecule has 1 aromatic carbocycles. The van der Waals surface area contributed by atoms with E-state index >= 15 is 0 Å². The Hall–Kier alpha value is -0.840. The zero-order valence-corrected chi connectivity index (χ0v) is 13.2. The number of thiophene rings is 1. The largest absolute Gasteiger partial charge is 0.493 e. The maximum Gasteiger partial charge on any atom is 0.127 e. The number of ether oxygens (including phenoxy) is 1. The van der Waals surface area contributed by atoms with Gasteiger partial charge in [0.05, 0.1) is 6.61 Å². The van der Waals surface area contributed by atoms with Crippen molar-refractivity contribution in [1.82, 2.24) is 5.32 Å². The monoisotopic (exact) mass is 337 g/mol. The SMILES string of the molecule is Cc1ccc(CNCc2cc(Br)cc3c2OCC3)s1. The molecular weight excluding hydrogens is 322 g/mol. The molecule has 1 aromatic heterocycles. The Morgan fingerprint density at radius 1 is 1.32 bits per heavy atom. The smallest absolute Gasteiger partial charge is 0.127 e. The predicted molar refractivity (Wildman–Crippen MR) is 82.9 cm³/mol. The van der Waals surface area contributed by atoms with Crippen molar-refractivity contribution in [1.29, 1.82) is 0 Å². The Bertz CT molecular complexity index is 594. The number of fused-ring (bicyclic) bond motifs is 1. The summed E-state index contributed by atoms with van der Waals surface area (Å²) in [6.07, 6.45) is 1.02. The highest BCUT2D eigenvalue weighted by Gasteiger charge is 2.17. The summed E-state index contributed by atoms with van der Waals surface area (Å²) in [4.78, 5) is 2.74. The molecule has 4 heteroatoms. The molecule has 0 saturated carbocycles. The van der Waals surface area contributed by atoms with E-state index in [0.29, 0.717) is 0 Å². The average molecular weight is 338 g/mol. The number of benzene rings is 1. The van der Waals surface area contributed by atoms with Crippen molar-refractivity contribution in [3.8, 4) is 5.75 Å². The van der Waals surface area contributed by atoms with Gasteiger partial charge in [0.25, 0.3) is 0 Å². The van der Waals surface area contributed by atoms with Crippen LogP contribution in [0.5, 0.6) is 5.75 Å². The molecule has 3 rings (SSSR count). The first-order chi connectivity index (χ1) is 9.22. The van der Waals surface area contributed by atoms with E-state index < -0.39 is 0 Å². The Balaban J connectivity index is 1.67. The summed E-state index contributed by atoms with van der Waals surface area (Å²) in [5.74, 6) is 1.08. The Morgan fingerprint density at radius 3 is 3.00 bits per heavy atom. The highest BCUT2D eigenvalue weighted by molar-refractivity contribution is 9.10. The molecule has 1 aliphatic rings. The van der Waals surface area contributed by atoms with Gasteiger partial charge in [-0.05, 0) is 36.8 Å². The van der Waals surface area contributed by atoms with Gasteiger partial charge in [0, 0.05) is 39.3 Å². The minimum atomic E-state index is 0.808. The van der Waals surface area contributed by atoms with Gasteiger partial charge in [-0.2, -0.15) is 0 Å². The van der Waals surface area contributed by atoms with E-state index in [1.165, 1.54) is 20.9 Å². The molecule has 2 nitrogen and oxygen atoms in total. The number of hydrogen-bond acceptors (Lipinski definition) is 3. The second-order valence-corrected chi connectivity index (χ2v) is 7.06. The first-order valence-electron chi connectivity index (χ1n) is 6.42. The minimum Gasteiger partial charge on any atom is -0.493 e. The molecule has 19 heavy (non-hydrogen) atoms. The molecular formula is C15H16BrNOS. The zero-order chi connectivity index (χ0) is 13.2. The summed E-state index contributed by atoms with van der Waals surface area (Å²) in [7, 11) is 0. The number of nitrogens with one attached hydrogen (secondary N) is 1. The normalized spacial score (nSPS) is 13.4. The molecule has 100 valence electrons. The third-order valence-corrected chi connectivity index (χ3v) is 4.69. The van der Waals surface area contributed by atoms with Gasteiger partial charge in [0.2, 0.25) is 0 Å². The van der Waals surface area contributed by atoms with Crippen molar-refractivity contribution >= 4 is 27.3 Å². The fourth-order valence-electron chi connectivity index (χ4n) is 2.38. The van der Waals surface area contributed by atoms with Crippen molar-refractivity contribution in [3.05, 3.63) is 49.6 Å². The average Bonchev–Trinajstić information content (AvgIpc) is 2.98. The van der Waals surface area contributed by atoms with E-state index in [0.717, 1.165) is 36.3 Å². The minimum absolute atomic E-state index is 0.808. The van der Waals surface area contributed by atoms with Crippen molar-refractivity contribution in [2.45, 2.75) is 26.4 Å². The molecule has 0 amide bonds. The molecule has 1 N–H and O–H groups in total. The van der Waals surface area contributed by atoms with Gasteiger partial charge in [-0.1, -0.05) is 15.9 Å². The Labute approximate surface area is 125 Å². The van der Waals surface area contributed by atoms with Crippen LogP contribution >= 0.6 is 27.3 Å². The van der Waals surface area contributed by atoms with Gasteiger partial charge in [-0.15, -0.1) is 11.3 Å². The summed E-state index contributed by atoms with van der Waals surface area (Å²) in [6, 6.07) is 8.67. The highest BCUT2D eigenvalue weighted by atomic mass is 79.9. The lowest BCUT2D eigenvalue weighted by Gasteiger charge is -2.09. The number of aryl methyl sites for hydroxylation is 1. The third-order valence-electron chi connectivity index (χ3n) is 3.24. The number of halogens is 1. The maximum atomic E-state index is 5.73. The van der Waals surface area contributed by atoms with Crippen LogP contribution in [0.3, 0.4) is 0 Å². The summed E-state index contributed by atoms with van der Waals surface area (Å²) in [5, 5.41) is 3.50. The fraction of sp³-hybridized carbons (Fsp3) is 0.333. The van der Waals surface area contributed by atoms with Crippen LogP contribution in [0.1, 0.15) is 20.9 Å². The van der Waals surface area contributed by atoms with Crippen LogP contribution in [-0.4, -0.2) is 6.61 Å². The molecule has 0 fully saturated rings. The standard InChI is InChI=1S/C15H16BrNOS/c1-10-2-3-14(19-10)9-17-8-12-7-13(16)6-11-4-5-18-15(11)12/h2-3,6-7,17H,4-5,8-9H2,1H3. The Morgan fingerprint density at radius 2 is 2.21 bits per heavy atom. The van der Waals surface area contributed by atoms with Crippen molar-refractivity contribution in [2.24, 2.45) is 0 Å². The molecule has 0 aliphatic carbocycles. The van der Waals surface area contributed by atoms with Gasteiger partial charge in [0.15, 0.2) is 0 Å². The summed E-state index contributed by atoms with van der Waals surface area (Å²) >= 11 is 5.42. The van der Waals surface area contributed by atoms with Crippen molar-refractivity contribution in [2.75, 3.05) is 6.61 Å². The fourth-order valence-corrected chi connectivity index (χ4v) is 3.79. The topological polar surface area (TPSA) is 21.3 Å². The van der Waals surface area contributed by atoms with E-state index in [2.05, 4.69) is 52.4 Å². The van der Waals surface area contributed by atoms with Gasteiger partial charge in [-0.3, -0.25) is 0 Å². The van der Waals surface area contributed by atoms with E-state index in [1.807, 2.05) is 11.3 Å². The predicted octanol–water partition coefficient (Wildman–Crippen LogP) is 4.04. The number of hydrogen-bond donors (Lipinski definition) is 1. The highest BCUT2D eigenvalue weighted by Crippen LogP contribution is 2.32. The third kappa shape index (κ3) is 3.02. The van der Waals surface area contributed by atoms with Gasteiger partial charge < -0.3 is 10.1 Å². The second-order valence-electron chi connectivity index (χ2n) is 4.77. The summed E-state index contributed by atoms with van der Waals surface area (Å²) in [5.41, 5.74) is 2.56. The number of rotatable bonds is 4. The first kappa shape index (κ1) is 13.2. The first-order valence-corrected chi connectivity index (χ1v) is 8.03. The second kappa shape index (κ2) is 5.65. The lowest BCUT2D eigenvalue weighted by Crippen LogP contribution is -2.12. The zero-order valence-electron chi connectivity index (χ0n) is 10.8. The van der Waals surface area contributed by atoms with E-state index in [4.69, 9.17) is 4.74 Å². The van der Waals surface area contributed by atoms with Gasteiger partial charge in [-0.25, -0.2) is 0 Å². The van der Waals surface area contributed by atoms with Crippen LogP contribution in [0.2, 0.25) is 0 Å². The molecule has 0 unspecified atom stereocenters. The van der Waals surface area contributed by atoms with Crippen molar-refractivity contribution in [3.63, 3.8) is 0 Å². The quantitative estimate of drug-likeness (QED) is 0.908. The molecule has 1 aliphatic heterocycles. The van der Waals surface area contributed by atoms with Gasteiger partial charge in [0.1, 0.15) is 5.75 Å². The molecule has 0 saturated heterocycles. The molecule has 0 radical (unpaired) electrons. The maximum absolute atomic E-state index is 5.73. The van der Waals surface area contributed by atoms with E-state index in [9.17, 15) is 0 Å². The van der Waals surface area contributed by atoms with Crippen LogP contribution in [0, 0.1) is 6.92 Å². The van der Waals surface area contributed by atoms with Crippen LogP contribution in [0.25, 0.3) is 0 Å². The van der Waals surface area contributed by atoms with Crippen LogP contribution in [-0.2, 0) is 19.5 Å². The van der Waals surface area contributed by atoms with E-state index in [1.54, 1.807) is 0 Å². The molecule has 0 bridgehead atoms. The summed E-state index contributed by atoms with van der Waals surface area (Å²) in [6.45, 7) is 4.71. The Kier molecular flexibility index (Phi) is 3.91. The molecule has 0 atom stereocenters. The summed E-state index contributed by atoms with van der Waals surface area (Å²) < 4.78 is 6.87. The van der Waals surface area contributed by atoms with Crippen LogP contribution in [0.15, 0.2) is 28.7 Å². The van der Waals surface area contributed by atoms with E-state index in [-0.39, 0.29) is 0 Å². The van der Waals surface area contributed by atoms with Crippen LogP contribution in [0.4, 0.5) is 0 Å². The molecule has 0 spiro atoms. The van der Waals surface area contributed by atoms with Crippen molar-refractivity contribution < 1.29 is 4.74 Å².